The number of methoxy groups -OCH3 is 1. The summed E-state index contributed by atoms with van der Waals surface area (Å²) in [6.07, 6.45) is 0. The molecule has 122 valence electrons. The molecule has 0 atom stereocenters. The summed E-state index contributed by atoms with van der Waals surface area (Å²) in [5.41, 5.74) is 1.47. The summed E-state index contributed by atoms with van der Waals surface area (Å²) >= 11 is 5.43. The summed E-state index contributed by atoms with van der Waals surface area (Å²) in [6.45, 7) is 1.46. The largest absolute Gasteiger partial charge is 0.508 e. The number of rotatable bonds is 6. The van der Waals surface area contributed by atoms with E-state index in [2.05, 4.69) is 5.32 Å². The van der Waals surface area contributed by atoms with Gasteiger partial charge in [-0.25, -0.2) is 4.39 Å². The first-order chi connectivity index (χ1) is 11.1. The highest BCUT2D eigenvalue weighted by molar-refractivity contribution is 7.80. The number of phenolic OH excluding ortho intramolecular Hbond substituents is 1. The monoisotopic (exact) mass is 334 g/mol. The van der Waals surface area contributed by atoms with Crippen molar-refractivity contribution in [2.24, 2.45) is 0 Å². The van der Waals surface area contributed by atoms with Gasteiger partial charge in [0.1, 0.15) is 11.6 Å². The maximum atomic E-state index is 13.2. The van der Waals surface area contributed by atoms with Gasteiger partial charge in [0.2, 0.25) is 0 Å². The Balaban J connectivity index is 2.22. The molecule has 0 spiro atoms. The molecule has 2 aromatic carbocycles. The Kier molecular flexibility index (Phi) is 6.31. The molecular weight excluding hydrogens is 315 g/mol. The average Bonchev–Trinajstić information content (AvgIpc) is 2.55. The van der Waals surface area contributed by atoms with E-state index in [1.807, 2.05) is 12.1 Å². The highest BCUT2D eigenvalue weighted by Crippen LogP contribution is 2.22. The van der Waals surface area contributed by atoms with E-state index in [9.17, 15) is 9.50 Å². The smallest absolute Gasteiger partial charge is 0.173 e. The first-order valence-corrected chi connectivity index (χ1v) is 7.59. The van der Waals surface area contributed by atoms with E-state index in [1.165, 1.54) is 12.1 Å². The van der Waals surface area contributed by atoms with Gasteiger partial charge in [0.15, 0.2) is 5.11 Å². The van der Waals surface area contributed by atoms with Crippen LogP contribution in [-0.4, -0.2) is 30.5 Å². The first-order valence-electron chi connectivity index (χ1n) is 7.18. The molecule has 2 aromatic rings. The quantitative estimate of drug-likeness (QED) is 0.628. The molecule has 0 unspecified atom stereocenters. The van der Waals surface area contributed by atoms with Gasteiger partial charge in [-0.2, -0.15) is 0 Å². The predicted octanol–water partition coefficient (Wildman–Crippen LogP) is 3.06. The van der Waals surface area contributed by atoms with Crippen LogP contribution >= 0.6 is 12.2 Å². The fraction of sp³-hybridized carbons (Fsp3) is 0.235. The summed E-state index contributed by atoms with van der Waals surface area (Å²) in [7, 11) is 1.62. The molecule has 0 radical (unpaired) electrons. The van der Waals surface area contributed by atoms with Crippen molar-refractivity contribution in [2.45, 2.75) is 6.54 Å². The van der Waals surface area contributed by atoms with Crippen molar-refractivity contribution in [3.05, 3.63) is 59.9 Å². The molecule has 0 saturated carbocycles. The second-order valence-electron chi connectivity index (χ2n) is 4.92. The van der Waals surface area contributed by atoms with E-state index in [0.717, 1.165) is 11.3 Å². The lowest BCUT2D eigenvalue weighted by molar-refractivity contribution is 0.204. The van der Waals surface area contributed by atoms with Gasteiger partial charge in [0, 0.05) is 24.9 Å². The second kappa shape index (κ2) is 8.45. The topological polar surface area (TPSA) is 44.7 Å². The Morgan fingerprint density at radius 2 is 1.91 bits per heavy atom. The molecule has 0 bridgehead atoms. The van der Waals surface area contributed by atoms with E-state index >= 15 is 0 Å². The maximum Gasteiger partial charge on any atom is 0.173 e. The highest BCUT2D eigenvalue weighted by atomic mass is 32.1. The normalized spacial score (nSPS) is 10.3. The van der Waals surface area contributed by atoms with Crippen LogP contribution in [-0.2, 0) is 11.3 Å². The first kappa shape index (κ1) is 17.2. The van der Waals surface area contributed by atoms with Crippen molar-refractivity contribution in [1.82, 2.24) is 5.32 Å². The van der Waals surface area contributed by atoms with Gasteiger partial charge >= 0.3 is 0 Å². The minimum Gasteiger partial charge on any atom is -0.508 e. The molecule has 0 heterocycles. The molecule has 0 aliphatic heterocycles. The third kappa shape index (κ3) is 4.91. The van der Waals surface area contributed by atoms with Gasteiger partial charge < -0.3 is 20.1 Å². The summed E-state index contributed by atoms with van der Waals surface area (Å²) in [4.78, 5) is 1.81. The Morgan fingerprint density at radius 3 is 2.57 bits per heavy atom. The highest BCUT2D eigenvalue weighted by Gasteiger charge is 2.14. The molecule has 0 aromatic heterocycles. The number of hydrogen-bond donors (Lipinski definition) is 2. The Labute approximate surface area is 140 Å². The number of aromatic hydroxyl groups is 1. The van der Waals surface area contributed by atoms with Crippen LogP contribution < -0.4 is 10.2 Å². The second-order valence-corrected chi connectivity index (χ2v) is 5.30. The lowest BCUT2D eigenvalue weighted by Gasteiger charge is -2.26. The fourth-order valence-electron chi connectivity index (χ4n) is 2.07. The number of benzene rings is 2. The maximum absolute atomic E-state index is 13.2. The molecule has 0 saturated heterocycles. The minimum absolute atomic E-state index is 0.194. The standard InChI is InChI=1S/C17H19FN2O2S/c1-22-11-10-19-17(23)20(15-8-6-14(18)7-9-15)12-13-4-2-3-5-16(13)21/h2-9,21H,10-12H2,1H3,(H,19,23). The zero-order chi connectivity index (χ0) is 16.7. The molecule has 0 aliphatic carbocycles. The van der Waals surface area contributed by atoms with Crippen LogP contribution in [0.3, 0.4) is 0 Å². The van der Waals surface area contributed by atoms with Gasteiger partial charge in [0.05, 0.1) is 13.2 Å². The molecular formula is C17H19FN2O2S. The zero-order valence-corrected chi connectivity index (χ0v) is 13.6. The van der Waals surface area contributed by atoms with Gasteiger partial charge in [-0.3, -0.25) is 0 Å². The number of nitrogens with one attached hydrogen (secondary N) is 1. The Morgan fingerprint density at radius 1 is 1.22 bits per heavy atom. The number of nitrogens with zero attached hydrogens (tertiary/aromatic N) is 1. The number of hydrogen-bond acceptors (Lipinski definition) is 3. The lowest BCUT2D eigenvalue weighted by atomic mass is 10.2. The molecule has 0 aliphatic rings. The lowest BCUT2D eigenvalue weighted by Crippen LogP contribution is -2.40. The summed E-state index contributed by atoms with van der Waals surface area (Å²) in [5, 5.41) is 13.6. The number of para-hydroxylation sites is 1. The van der Waals surface area contributed by atoms with Gasteiger partial charge in [-0.1, -0.05) is 18.2 Å². The Hall–Kier alpha value is -2.18. The van der Waals surface area contributed by atoms with Crippen LogP contribution in [0.25, 0.3) is 0 Å². The average molecular weight is 334 g/mol. The number of halogens is 1. The van der Waals surface area contributed by atoms with Crippen LogP contribution in [0.4, 0.5) is 10.1 Å². The molecule has 2 rings (SSSR count). The van der Waals surface area contributed by atoms with Crippen molar-refractivity contribution in [3.8, 4) is 5.75 Å². The van der Waals surface area contributed by atoms with Crippen LogP contribution in [0.1, 0.15) is 5.56 Å². The Bertz CT molecular complexity index is 649. The van der Waals surface area contributed by atoms with E-state index < -0.39 is 0 Å². The number of phenols is 1. The summed E-state index contributed by atoms with van der Waals surface area (Å²) < 4.78 is 18.2. The molecule has 6 heteroatoms. The van der Waals surface area contributed by atoms with Gasteiger partial charge in [-0.15, -0.1) is 0 Å². The molecule has 4 nitrogen and oxygen atoms in total. The number of anilines is 1. The zero-order valence-electron chi connectivity index (χ0n) is 12.8. The molecule has 23 heavy (non-hydrogen) atoms. The predicted molar refractivity (Wildman–Crippen MR) is 93.2 cm³/mol. The van der Waals surface area contributed by atoms with Crippen molar-refractivity contribution >= 4 is 23.0 Å². The summed E-state index contributed by atoms with van der Waals surface area (Å²) in [6, 6.07) is 13.1. The van der Waals surface area contributed by atoms with E-state index in [-0.39, 0.29) is 11.6 Å². The fourth-order valence-corrected chi connectivity index (χ4v) is 2.34. The third-order valence-electron chi connectivity index (χ3n) is 3.29. The SMILES string of the molecule is COCCNC(=S)N(Cc1ccccc1O)c1ccc(F)cc1. The van der Waals surface area contributed by atoms with Crippen LogP contribution in [0, 0.1) is 5.82 Å². The van der Waals surface area contributed by atoms with Gasteiger partial charge in [-0.05, 0) is 42.5 Å². The van der Waals surface area contributed by atoms with E-state index in [0.29, 0.717) is 24.8 Å². The van der Waals surface area contributed by atoms with Crippen molar-refractivity contribution in [1.29, 1.82) is 0 Å². The van der Waals surface area contributed by atoms with E-state index in [1.54, 1.807) is 36.3 Å². The third-order valence-corrected chi connectivity index (χ3v) is 3.65. The van der Waals surface area contributed by atoms with Crippen LogP contribution in [0.5, 0.6) is 5.75 Å². The molecule has 2 N–H and O–H groups in total. The van der Waals surface area contributed by atoms with Crippen molar-refractivity contribution < 1.29 is 14.2 Å². The number of thiocarbonyl (C=S) groups is 1. The minimum atomic E-state index is -0.311. The van der Waals surface area contributed by atoms with Crippen molar-refractivity contribution in [2.75, 3.05) is 25.2 Å². The summed E-state index contributed by atoms with van der Waals surface area (Å²) in [5.74, 6) is -0.117. The van der Waals surface area contributed by atoms with E-state index in [4.69, 9.17) is 17.0 Å². The van der Waals surface area contributed by atoms with Gasteiger partial charge in [0.25, 0.3) is 0 Å². The molecule has 0 amide bonds. The van der Waals surface area contributed by atoms with Crippen LogP contribution in [0.15, 0.2) is 48.5 Å². The van der Waals surface area contributed by atoms with Crippen molar-refractivity contribution in [3.63, 3.8) is 0 Å². The number of ether oxygens (including phenoxy) is 1. The molecule has 0 fully saturated rings. The van der Waals surface area contributed by atoms with Crippen LogP contribution in [0.2, 0.25) is 0 Å².